The lowest BCUT2D eigenvalue weighted by atomic mass is 9.89. The molecule has 0 saturated heterocycles. The highest BCUT2D eigenvalue weighted by Crippen LogP contribution is 2.23. The minimum Gasteiger partial charge on any atom is -0.309 e. The number of hydrogen-bond acceptors (Lipinski definition) is 2. The molecule has 2 N–H and O–H groups in total. The van der Waals surface area contributed by atoms with E-state index in [4.69, 9.17) is 0 Å². The minimum absolute atomic E-state index is 0.0135. The predicted molar refractivity (Wildman–Crippen MR) is 60.8 cm³/mol. The molecule has 1 amide bonds. The molecule has 0 fully saturated rings. The van der Waals surface area contributed by atoms with Gasteiger partial charge in [-0.05, 0) is 20.3 Å². The Morgan fingerprint density at radius 1 is 1.47 bits per heavy atom. The summed E-state index contributed by atoms with van der Waals surface area (Å²) in [5, 5.41) is 9.73. The van der Waals surface area contributed by atoms with Crippen molar-refractivity contribution in [2.45, 2.75) is 41.0 Å². The van der Waals surface area contributed by atoms with E-state index in [2.05, 4.69) is 15.5 Å². The summed E-state index contributed by atoms with van der Waals surface area (Å²) < 4.78 is 0. The van der Waals surface area contributed by atoms with Crippen molar-refractivity contribution in [3.05, 3.63) is 11.3 Å². The van der Waals surface area contributed by atoms with Crippen molar-refractivity contribution < 1.29 is 4.79 Å². The predicted octanol–water partition coefficient (Wildman–Crippen LogP) is 2.40. The molecule has 0 aromatic carbocycles. The Bertz CT molecular complexity index is 366. The van der Waals surface area contributed by atoms with Crippen molar-refractivity contribution in [2.75, 3.05) is 5.32 Å². The third kappa shape index (κ3) is 2.37. The lowest BCUT2D eigenvalue weighted by Gasteiger charge is -2.20. The number of anilines is 1. The number of H-pyrrole nitrogens is 1. The van der Waals surface area contributed by atoms with E-state index in [1.165, 1.54) is 0 Å². The monoisotopic (exact) mass is 209 g/mol. The van der Waals surface area contributed by atoms with E-state index in [9.17, 15) is 4.79 Å². The lowest BCUT2D eigenvalue weighted by Crippen LogP contribution is -2.30. The summed E-state index contributed by atoms with van der Waals surface area (Å²) in [4.78, 5) is 11.9. The van der Waals surface area contributed by atoms with Gasteiger partial charge in [-0.25, -0.2) is 0 Å². The standard InChI is InChI=1S/C11H19N3O/c1-6-11(4,5)10(15)12-9-7(2)8(3)13-14-9/h6H2,1-5H3,(H2,12,13,14,15). The van der Waals surface area contributed by atoms with E-state index in [1.54, 1.807) is 0 Å². The van der Waals surface area contributed by atoms with Gasteiger partial charge in [0.2, 0.25) is 5.91 Å². The molecule has 0 spiro atoms. The first-order valence-electron chi connectivity index (χ1n) is 5.21. The molecule has 1 heterocycles. The molecule has 15 heavy (non-hydrogen) atoms. The Labute approximate surface area is 90.5 Å². The third-order valence-electron chi connectivity index (χ3n) is 2.98. The van der Waals surface area contributed by atoms with Gasteiger partial charge in [0.25, 0.3) is 0 Å². The fourth-order valence-corrected chi connectivity index (χ4v) is 1.04. The number of nitrogens with one attached hydrogen (secondary N) is 2. The van der Waals surface area contributed by atoms with Gasteiger partial charge in [-0.2, -0.15) is 5.10 Å². The van der Waals surface area contributed by atoms with Crippen LogP contribution in [0.25, 0.3) is 0 Å². The summed E-state index contributed by atoms with van der Waals surface area (Å²) in [6.07, 6.45) is 0.807. The Balaban J connectivity index is 2.79. The number of aromatic amines is 1. The van der Waals surface area contributed by atoms with Gasteiger partial charge < -0.3 is 5.32 Å². The molecule has 0 radical (unpaired) electrons. The van der Waals surface area contributed by atoms with Crippen LogP contribution in [-0.2, 0) is 4.79 Å². The topological polar surface area (TPSA) is 57.8 Å². The highest BCUT2D eigenvalue weighted by atomic mass is 16.2. The molecule has 1 aromatic rings. The molecule has 0 aliphatic heterocycles. The molecule has 0 aliphatic rings. The van der Waals surface area contributed by atoms with E-state index in [-0.39, 0.29) is 11.3 Å². The molecule has 4 nitrogen and oxygen atoms in total. The van der Waals surface area contributed by atoms with Crippen molar-refractivity contribution >= 4 is 11.7 Å². The van der Waals surface area contributed by atoms with E-state index < -0.39 is 0 Å². The quantitative estimate of drug-likeness (QED) is 0.803. The van der Waals surface area contributed by atoms with Gasteiger partial charge in [0, 0.05) is 16.7 Å². The Morgan fingerprint density at radius 3 is 2.47 bits per heavy atom. The fraction of sp³-hybridized carbons (Fsp3) is 0.636. The lowest BCUT2D eigenvalue weighted by molar-refractivity contribution is -0.124. The molecule has 0 saturated carbocycles. The maximum atomic E-state index is 11.9. The Morgan fingerprint density at radius 2 is 2.07 bits per heavy atom. The van der Waals surface area contributed by atoms with Crippen molar-refractivity contribution in [3.8, 4) is 0 Å². The largest absolute Gasteiger partial charge is 0.309 e. The van der Waals surface area contributed by atoms with Gasteiger partial charge in [-0.1, -0.05) is 20.8 Å². The highest BCUT2D eigenvalue weighted by Gasteiger charge is 2.26. The van der Waals surface area contributed by atoms with E-state index in [0.717, 1.165) is 17.7 Å². The average Bonchev–Trinajstić information content (AvgIpc) is 2.49. The number of aryl methyl sites for hydroxylation is 1. The fourth-order valence-electron chi connectivity index (χ4n) is 1.04. The first-order chi connectivity index (χ1) is 6.88. The number of amides is 1. The summed E-state index contributed by atoms with van der Waals surface area (Å²) in [5.41, 5.74) is 1.63. The molecule has 0 unspecified atom stereocenters. The van der Waals surface area contributed by atoms with Crippen molar-refractivity contribution in [3.63, 3.8) is 0 Å². The summed E-state index contributed by atoms with van der Waals surface area (Å²) in [6.45, 7) is 9.73. The van der Waals surface area contributed by atoms with Crippen LogP contribution in [-0.4, -0.2) is 16.1 Å². The molecular formula is C11H19N3O. The normalized spacial score (nSPS) is 11.5. The van der Waals surface area contributed by atoms with Crippen LogP contribution < -0.4 is 5.32 Å². The first kappa shape index (κ1) is 11.8. The maximum absolute atomic E-state index is 11.9. The SMILES string of the molecule is CCC(C)(C)C(=O)Nc1n[nH]c(C)c1C. The van der Waals surface area contributed by atoms with Crippen molar-refractivity contribution in [2.24, 2.45) is 5.41 Å². The molecular weight excluding hydrogens is 190 g/mol. The van der Waals surface area contributed by atoms with Gasteiger partial charge in [0.05, 0.1) is 0 Å². The number of nitrogens with zero attached hydrogens (tertiary/aromatic N) is 1. The second kappa shape index (κ2) is 4.04. The van der Waals surface area contributed by atoms with Crippen molar-refractivity contribution in [1.82, 2.24) is 10.2 Å². The zero-order chi connectivity index (χ0) is 11.6. The molecule has 0 aliphatic carbocycles. The van der Waals surface area contributed by atoms with Crippen LogP contribution in [0.3, 0.4) is 0 Å². The van der Waals surface area contributed by atoms with Gasteiger partial charge in [0.1, 0.15) is 0 Å². The summed E-state index contributed by atoms with van der Waals surface area (Å²) >= 11 is 0. The van der Waals surface area contributed by atoms with Crippen LogP contribution in [0.15, 0.2) is 0 Å². The second-order valence-corrected chi connectivity index (χ2v) is 4.51. The second-order valence-electron chi connectivity index (χ2n) is 4.51. The molecule has 1 aromatic heterocycles. The zero-order valence-electron chi connectivity index (χ0n) is 10.1. The van der Waals surface area contributed by atoms with Crippen LogP contribution in [0.4, 0.5) is 5.82 Å². The third-order valence-corrected chi connectivity index (χ3v) is 2.98. The number of hydrogen-bond donors (Lipinski definition) is 2. The van der Waals surface area contributed by atoms with Crippen LogP contribution in [0.2, 0.25) is 0 Å². The molecule has 0 bridgehead atoms. The number of carbonyl (C=O) groups excluding carboxylic acids is 1. The highest BCUT2D eigenvalue weighted by molar-refractivity contribution is 5.94. The molecule has 0 atom stereocenters. The zero-order valence-corrected chi connectivity index (χ0v) is 10.1. The first-order valence-corrected chi connectivity index (χ1v) is 5.21. The van der Waals surface area contributed by atoms with Crippen LogP contribution >= 0.6 is 0 Å². The summed E-state index contributed by atoms with van der Waals surface area (Å²) in [6, 6.07) is 0. The molecule has 4 heteroatoms. The van der Waals surface area contributed by atoms with Gasteiger partial charge in [-0.15, -0.1) is 0 Å². The average molecular weight is 209 g/mol. The van der Waals surface area contributed by atoms with Crippen LogP contribution in [0.1, 0.15) is 38.4 Å². The Kier molecular flexibility index (Phi) is 3.17. The summed E-state index contributed by atoms with van der Waals surface area (Å²) in [5.74, 6) is 0.652. The van der Waals surface area contributed by atoms with E-state index in [1.807, 2.05) is 34.6 Å². The number of carbonyl (C=O) groups is 1. The number of aromatic nitrogens is 2. The van der Waals surface area contributed by atoms with Gasteiger partial charge in [-0.3, -0.25) is 9.89 Å². The Hall–Kier alpha value is -1.32. The summed E-state index contributed by atoms with van der Waals surface area (Å²) in [7, 11) is 0. The number of rotatable bonds is 3. The maximum Gasteiger partial charge on any atom is 0.231 e. The van der Waals surface area contributed by atoms with Crippen LogP contribution in [0, 0.1) is 19.3 Å². The van der Waals surface area contributed by atoms with Gasteiger partial charge in [0.15, 0.2) is 5.82 Å². The molecule has 1 rings (SSSR count). The molecule has 84 valence electrons. The van der Waals surface area contributed by atoms with Crippen molar-refractivity contribution in [1.29, 1.82) is 0 Å². The van der Waals surface area contributed by atoms with E-state index >= 15 is 0 Å². The smallest absolute Gasteiger partial charge is 0.231 e. The van der Waals surface area contributed by atoms with Crippen LogP contribution in [0.5, 0.6) is 0 Å². The van der Waals surface area contributed by atoms with E-state index in [0.29, 0.717) is 5.82 Å². The minimum atomic E-state index is -0.348. The van der Waals surface area contributed by atoms with Gasteiger partial charge >= 0.3 is 0 Å².